The summed E-state index contributed by atoms with van der Waals surface area (Å²) in [6, 6.07) is 0. The molecule has 15 heavy (non-hydrogen) atoms. The molecule has 0 aromatic carbocycles. The minimum Gasteiger partial charge on any atom is -0.328 e. The van der Waals surface area contributed by atoms with Gasteiger partial charge in [-0.1, -0.05) is 40.5 Å². The molecule has 0 spiro atoms. The number of rotatable bonds is 7. The topological polar surface area (TPSA) is 0 Å². The quantitative estimate of drug-likeness (QED) is 0.442. The highest BCUT2D eigenvalue weighted by atomic mass is 15.3. The molecule has 0 atom stereocenters. The van der Waals surface area contributed by atoms with Gasteiger partial charge in [-0.25, -0.2) is 0 Å². The van der Waals surface area contributed by atoms with Crippen LogP contribution in [0.25, 0.3) is 0 Å². The Morgan fingerprint density at radius 2 is 1.47 bits per heavy atom. The molecule has 1 heteroatoms. The number of unbranched alkanes of at least 4 members (excludes halogenated alkanes) is 3. The van der Waals surface area contributed by atoms with Crippen LogP contribution in [-0.4, -0.2) is 31.7 Å². The molecule has 0 radical (unpaired) electrons. The van der Waals surface area contributed by atoms with Crippen LogP contribution in [0.1, 0.15) is 59.8 Å². The summed E-state index contributed by atoms with van der Waals surface area (Å²) in [5, 5.41) is 0. The van der Waals surface area contributed by atoms with E-state index in [9.17, 15) is 0 Å². The third kappa shape index (κ3) is 10.2. The third-order valence-electron chi connectivity index (χ3n) is 3.08. The van der Waals surface area contributed by atoms with Crippen LogP contribution in [0.4, 0.5) is 0 Å². The molecule has 92 valence electrons. The van der Waals surface area contributed by atoms with Crippen LogP contribution in [0, 0.1) is 5.41 Å². The van der Waals surface area contributed by atoms with E-state index in [1.54, 1.807) is 0 Å². The van der Waals surface area contributed by atoms with Crippen LogP contribution in [-0.2, 0) is 0 Å². The van der Waals surface area contributed by atoms with Crippen molar-refractivity contribution in [1.29, 1.82) is 0 Å². The maximum atomic E-state index is 2.37. The van der Waals surface area contributed by atoms with Gasteiger partial charge in [0.2, 0.25) is 0 Å². The first kappa shape index (κ1) is 15.0. The van der Waals surface area contributed by atoms with Crippen molar-refractivity contribution in [1.82, 2.24) is 0 Å². The number of quaternary nitrogens is 1. The standard InChI is InChI=1S/C14H32N/c1-7-8-9-10-12-15(5,6)13-11-14(2,3)4/h7-13H2,1-6H3/q+1. The van der Waals surface area contributed by atoms with Gasteiger partial charge in [0.1, 0.15) is 0 Å². The summed E-state index contributed by atoms with van der Waals surface area (Å²) in [6.45, 7) is 11.9. The van der Waals surface area contributed by atoms with Gasteiger partial charge >= 0.3 is 0 Å². The maximum Gasteiger partial charge on any atom is 0.0787 e. The van der Waals surface area contributed by atoms with Gasteiger partial charge < -0.3 is 4.48 Å². The van der Waals surface area contributed by atoms with Crippen LogP contribution >= 0.6 is 0 Å². The molecule has 0 saturated carbocycles. The van der Waals surface area contributed by atoms with Crippen molar-refractivity contribution in [3.05, 3.63) is 0 Å². The van der Waals surface area contributed by atoms with E-state index in [1.165, 1.54) is 49.7 Å². The summed E-state index contributed by atoms with van der Waals surface area (Å²) in [5.41, 5.74) is 0.485. The average molecular weight is 214 g/mol. The molecule has 1 nitrogen and oxygen atoms in total. The summed E-state index contributed by atoms with van der Waals surface area (Å²) in [6.07, 6.45) is 6.88. The first-order chi connectivity index (χ1) is 6.77. The van der Waals surface area contributed by atoms with Crippen molar-refractivity contribution in [2.24, 2.45) is 5.41 Å². The van der Waals surface area contributed by atoms with Crippen molar-refractivity contribution in [2.45, 2.75) is 59.8 Å². The van der Waals surface area contributed by atoms with E-state index in [-0.39, 0.29) is 0 Å². The second-order valence-corrected chi connectivity index (χ2v) is 6.75. The molecular formula is C14H32N+. The molecule has 0 aliphatic rings. The molecule has 0 heterocycles. The summed E-state index contributed by atoms with van der Waals surface area (Å²) in [5.74, 6) is 0. The summed E-state index contributed by atoms with van der Waals surface area (Å²) in [7, 11) is 4.75. The van der Waals surface area contributed by atoms with E-state index >= 15 is 0 Å². The van der Waals surface area contributed by atoms with Gasteiger partial charge in [-0.05, 0) is 18.3 Å². The Hall–Kier alpha value is -0.0400. The molecular weight excluding hydrogens is 182 g/mol. The highest BCUT2D eigenvalue weighted by Gasteiger charge is 2.19. The number of nitrogens with zero attached hydrogens (tertiary/aromatic N) is 1. The third-order valence-corrected chi connectivity index (χ3v) is 3.08. The maximum absolute atomic E-state index is 2.37. The molecule has 0 bridgehead atoms. The largest absolute Gasteiger partial charge is 0.328 e. The molecule has 0 aliphatic heterocycles. The molecule has 0 unspecified atom stereocenters. The lowest BCUT2D eigenvalue weighted by atomic mass is 9.92. The Labute approximate surface area is 97.5 Å². The molecule has 0 aromatic heterocycles. The van der Waals surface area contributed by atoms with Crippen LogP contribution in [0.5, 0.6) is 0 Å². The molecule has 0 aliphatic carbocycles. The minimum absolute atomic E-state index is 0.485. The van der Waals surface area contributed by atoms with E-state index in [4.69, 9.17) is 0 Å². The van der Waals surface area contributed by atoms with Gasteiger partial charge in [0.05, 0.1) is 27.2 Å². The highest BCUT2D eigenvalue weighted by molar-refractivity contribution is 4.60. The van der Waals surface area contributed by atoms with Gasteiger partial charge in [0, 0.05) is 6.42 Å². The van der Waals surface area contributed by atoms with E-state index in [1.807, 2.05) is 0 Å². The zero-order valence-electron chi connectivity index (χ0n) is 11.9. The minimum atomic E-state index is 0.485. The molecule has 0 fully saturated rings. The lowest BCUT2D eigenvalue weighted by molar-refractivity contribution is -0.891. The Morgan fingerprint density at radius 1 is 0.867 bits per heavy atom. The fourth-order valence-corrected chi connectivity index (χ4v) is 1.72. The van der Waals surface area contributed by atoms with Crippen molar-refractivity contribution in [2.75, 3.05) is 27.2 Å². The Balaban J connectivity index is 3.67. The normalized spacial score (nSPS) is 13.2. The zero-order valence-corrected chi connectivity index (χ0v) is 11.9. The second kappa shape index (κ2) is 6.52. The van der Waals surface area contributed by atoms with Gasteiger partial charge in [-0.3, -0.25) is 0 Å². The fourth-order valence-electron chi connectivity index (χ4n) is 1.72. The second-order valence-electron chi connectivity index (χ2n) is 6.75. The van der Waals surface area contributed by atoms with E-state index < -0.39 is 0 Å². The number of hydrogen-bond acceptors (Lipinski definition) is 0. The van der Waals surface area contributed by atoms with E-state index in [2.05, 4.69) is 41.8 Å². The summed E-state index contributed by atoms with van der Waals surface area (Å²) in [4.78, 5) is 0. The summed E-state index contributed by atoms with van der Waals surface area (Å²) < 4.78 is 1.20. The van der Waals surface area contributed by atoms with Gasteiger partial charge in [0.15, 0.2) is 0 Å². The smallest absolute Gasteiger partial charge is 0.0787 e. The zero-order chi connectivity index (χ0) is 11.9. The van der Waals surface area contributed by atoms with Crippen molar-refractivity contribution in [3.63, 3.8) is 0 Å². The van der Waals surface area contributed by atoms with Crippen molar-refractivity contribution >= 4 is 0 Å². The average Bonchev–Trinajstić information content (AvgIpc) is 2.09. The molecule has 0 aromatic rings. The van der Waals surface area contributed by atoms with Gasteiger partial charge in [-0.2, -0.15) is 0 Å². The Kier molecular flexibility index (Phi) is 6.51. The van der Waals surface area contributed by atoms with Crippen LogP contribution < -0.4 is 0 Å². The van der Waals surface area contributed by atoms with E-state index in [0.717, 1.165) is 0 Å². The lowest BCUT2D eigenvalue weighted by Crippen LogP contribution is -2.42. The SMILES string of the molecule is CCCCCC[N+](C)(C)CCC(C)(C)C. The molecule has 0 rings (SSSR count). The van der Waals surface area contributed by atoms with Crippen molar-refractivity contribution < 1.29 is 4.48 Å². The predicted molar refractivity (Wildman–Crippen MR) is 70.1 cm³/mol. The van der Waals surface area contributed by atoms with Crippen molar-refractivity contribution in [3.8, 4) is 0 Å². The van der Waals surface area contributed by atoms with Gasteiger partial charge in [-0.15, -0.1) is 0 Å². The predicted octanol–water partition coefficient (Wildman–Crippen LogP) is 4.08. The Bertz CT molecular complexity index is 153. The number of hydrogen-bond donors (Lipinski definition) is 0. The van der Waals surface area contributed by atoms with Gasteiger partial charge in [0.25, 0.3) is 0 Å². The molecule has 0 N–H and O–H groups in total. The first-order valence-electron chi connectivity index (χ1n) is 6.59. The molecule has 0 saturated heterocycles. The lowest BCUT2D eigenvalue weighted by Gasteiger charge is -2.32. The fraction of sp³-hybridized carbons (Fsp3) is 1.00. The van der Waals surface area contributed by atoms with Crippen LogP contribution in [0.3, 0.4) is 0 Å². The molecule has 0 amide bonds. The van der Waals surface area contributed by atoms with Crippen LogP contribution in [0.2, 0.25) is 0 Å². The first-order valence-corrected chi connectivity index (χ1v) is 6.59. The summed E-state index contributed by atoms with van der Waals surface area (Å²) >= 11 is 0. The Morgan fingerprint density at radius 3 is 1.93 bits per heavy atom. The van der Waals surface area contributed by atoms with E-state index in [0.29, 0.717) is 5.41 Å². The van der Waals surface area contributed by atoms with Crippen LogP contribution in [0.15, 0.2) is 0 Å². The highest BCUT2D eigenvalue weighted by Crippen LogP contribution is 2.20. The monoisotopic (exact) mass is 214 g/mol.